The summed E-state index contributed by atoms with van der Waals surface area (Å²) in [6.45, 7) is 3.84. The molecule has 1 heterocycles. The Morgan fingerprint density at radius 3 is 2.76 bits per heavy atom. The Morgan fingerprint density at radius 1 is 1.38 bits per heavy atom. The van der Waals surface area contributed by atoms with Crippen molar-refractivity contribution in [1.29, 1.82) is 0 Å². The van der Waals surface area contributed by atoms with Crippen LogP contribution >= 0.6 is 0 Å². The van der Waals surface area contributed by atoms with Crippen molar-refractivity contribution in [3.05, 3.63) is 29.8 Å². The fourth-order valence-electron chi connectivity index (χ4n) is 3.08. The van der Waals surface area contributed by atoms with Gasteiger partial charge in [-0.05, 0) is 49.4 Å². The van der Waals surface area contributed by atoms with Gasteiger partial charge in [0.2, 0.25) is 0 Å². The summed E-state index contributed by atoms with van der Waals surface area (Å²) in [5.41, 5.74) is 1.16. The number of hydrogen-bond donors (Lipinski definition) is 1. The van der Waals surface area contributed by atoms with Crippen LogP contribution in [0.5, 0.6) is 5.75 Å². The first-order valence-corrected chi connectivity index (χ1v) is 9.41. The maximum Gasteiger partial charge on any atom is 0.150 e. The van der Waals surface area contributed by atoms with E-state index in [-0.39, 0.29) is 5.92 Å². The second-order valence-corrected chi connectivity index (χ2v) is 7.98. The van der Waals surface area contributed by atoms with Crippen molar-refractivity contribution in [1.82, 2.24) is 5.32 Å². The fraction of sp³-hybridized carbons (Fsp3) is 0.625. The van der Waals surface area contributed by atoms with Gasteiger partial charge in [-0.25, -0.2) is 8.42 Å². The molecule has 5 heteroatoms. The molecule has 1 aliphatic heterocycles. The van der Waals surface area contributed by atoms with E-state index in [1.165, 1.54) is 0 Å². The van der Waals surface area contributed by atoms with Crippen LogP contribution in [-0.2, 0) is 16.3 Å². The number of rotatable bonds is 7. The fourth-order valence-corrected chi connectivity index (χ4v) is 5.00. The molecule has 118 valence electrons. The van der Waals surface area contributed by atoms with E-state index in [4.69, 9.17) is 4.74 Å². The van der Waals surface area contributed by atoms with Gasteiger partial charge in [0.25, 0.3) is 0 Å². The van der Waals surface area contributed by atoms with E-state index in [0.717, 1.165) is 37.2 Å². The molecule has 0 bridgehead atoms. The molecule has 1 saturated heterocycles. The third-order valence-corrected chi connectivity index (χ3v) is 6.06. The topological polar surface area (TPSA) is 55.4 Å². The first-order chi connectivity index (χ1) is 10.1. The SMILES string of the molecule is CCNCC(Cc1ccccc1OC)C1CCS(=O)(=O)C1. The maximum absolute atomic E-state index is 11.7. The van der Waals surface area contributed by atoms with Crippen LogP contribution in [0.15, 0.2) is 24.3 Å². The molecule has 0 aromatic heterocycles. The summed E-state index contributed by atoms with van der Waals surface area (Å²) in [5.74, 6) is 2.14. The monoisotopic (exact) mass is 311 g/mol. The van der Waals surface area contributed by atoms with Crippen LogP contribution in [0, 0.1) is 11.8 Å². The molecule has 0 amide bonds. The predicted molar refractivity (Wildman–Crippen MR) is 85.5 cm³/mol. The lowest BCUT2D eigenvalue weighted by Crippen LogP contribution is -2.30. The first-order valence-electron chi connectivity index (χ1n) is 7.58. The maximum atomic E-state index is 11.7. The molecule has 0 aliphatic carbocycles. The average molecular weight is 311 g/mol. The summed E-state index contributed by atoms with van der Waals surface area (Å²) >= 11 is 0. The van der Waals surface area contributed by atoms with Gasteiger partial charge in [0.1, 0.15) is 5.75 Å². The molecule has 1 aromatic carbocycles. The van der Waals surface area contributed by atoms with Crippen molar-refractivity contribution in [3.8, 4) is 5.75 Å². The van der Waals surface area contributed by atoms with E-state index >= 15 is 0 Å². The Balaban J connectivity index is 2.13. The molecule has 4 nitrogen and oxygen atoms in total. The highest BCUT2D eigenvalue weighted by Gasteiger charge is 2.33. The molecule has 1 aromatic rings. The van der Waals surface area contributed by atoms with Gasteiger partial charge in [-0.15, -0.1) is 0 Å². The molecule has 0 spiro atoms. The summed E-state index contributed by atoms with van der Waals surface area (Å²) in [4.78, 5) is 0. The van der Waals surface area contributed by atoms with Gasteiger partial charge in [-0.2, -0.15) is 0 Å². The number of benzene rings is 1. The molecule has 1 N–H and O–H groups in total. The van der Waals surface area contributed by atoms with Gasteiger partial charge in [0, 0.05) is 0 Å². The van der Waals surface area contributed by atoms with Crippen molar-refractivity contribution >= 4 is 9.84 Å². The smallest absolute Gasteiger partial charge is 0.150 e. The van der Waals surface area contributed by atoms with E-state index < -0.39 is 9.84 Å². The van der Waals surface area contributed by atoms with Gasteiger partial charge in [0.15, 0.2) is 9.84 Å². The molecular weight excluding hydrogens is 286 g/mol. The number of sulfone groups is 1. The number of hydrogen-bond acceptors (Lipinski definition) is 4. The Bertz CT molecular complexity index is 556. The van der Waals surface area contributed by atoms with Gasteiger partial charge < -0.3 is 10.1 Å². The number of para-hydroxylation sites is 1. The Labute approximate surface area is 127 Å². The van der Waals surface area contributed by atoms with Gasteiger partial charge >= 0.3 is 0 Å². The molecule has 2 rings (SSSR count). The molecular formula is C16H25NO3S. The van der Waals surface area contributed by atoms with Crippen LogP contribution in [0.25, 0.3) is 0 Å². The molecule has 1 fully saturated rings. The van der Waals surface area contributed by atoms with Gasteiger partial charge in [0.05, 0.1) is 18.6 Å². The Morgan fingerprint density at radius 2 is 2.14 bits per heavy atom. The standard InChI is InChI=1S/C16H25NO3S/c1-3-17-11-15(14-8-9-21(18,19)12-14)10-13-6-4-5-7-16(13)20-2/h4-7,14-15,17H,3,8-12H2,1-2H3. The van der Waals surface area contributed by atoms with E-state index in [1.807, 2.05) is 18.2 Å². The third-order valence-electron chi connectivity index (χ3n) is 4.27. The minimum Gasteiger partial charge on any atom is -0.496 e. The van der Waals surface area contributed by atoms with Crippen LogP contribution < -0.4 is 10.1 Å². The molecule has 1 aliphatic rings. The number of ether oxygens (including phenoxy) is 1. The van der Waals surface area contributed by atoms with Crippen molar-refractivity contribution in [2.75, 3.05) is 31.7 Å². The van der Waals surface area contributed by atoms with E-state index in [2.05, 4.69) is 18.3 Å². The minimum atomic E-state index is -2.83. The Hall–Kier alpha value is -1.07. The third kappa shape index (κ3) is 4.45. The molecule has 2 unspecified atom stereocenters. The first kappa shape index (κ1) is 16.3. The van der Waals surface area contributed by atoms with Crippen molar-refractivity contribution in [2.45, 2.75) is 19.8 Å². The van der Waals surface area contributed by atoms with Crippen LogP contribution in [0.1, 0.15) is 18.9 Å². The second-order valence-electron chi connectivity index (χ2n) is 5.75. The van der Waals surface area contributed by atoms with Crippen LogP contribution in [0.2, 0.25) is 0 Å². The number of methoxy groups -OCH3 is 1. The highest BCUT2D eigenvalue weighted by Crippen LogP contribution is 2.30. The van der Waals surface area contributed by atoms with Gasteiger partial charge in [-0.1, -0.05) is 25.1 Å². The zero-order valence-corrected chi connectivity index (χ0v) is 13.7. The van der Waals surface area contributed by atoms with E-state index in [9.17, 15) is 8.42 Å². The van der Waals surface area contributed by atoms with Crippen LogP contribution in [0.4, 0.5) is 0 Å². The summed E-state index contributed by atoms with van der Waals surface area (Å²) in [6, 6.07) is 8.00. The largest absolute Gasteiger partial charge is 0.496 e. The van der Waals surface area contributed by atoms with Crippen molar-refractivity contribution < 1.29 is 13.2 Å². The van der Waals surface area contributed by atoms with Crippen molar-refractivity contribution in [3.63, 3.8) is 0 Å². The van der Waals surface area contributed by atoms with Crippen molar-refractivity contribution in [2.24, 2.45) is 11.8 Å². The normalized spacial score (nSPS) is 22.1. The zero-order valence-electron chi connectivity index (χ0n) is 12.8. The van der Waals surface area contributed by atoms with E-state index in [1.54, 1.807) is 7.11 Å². The summed E-state index contributed by atoms with van der Waals surface area (Å²) in [7, 11) is -1.15. The predicted octanol–water partition coefficient (Wildman–Crippen LogP) is 1.90. The molecule has 0 saturated carbocycles. The van der Waals surface area contributed by atoms with Gasteiger partial charge in [-0.3, -0.25) is 0 Å². The summed E-state index contributed by atoms with van der Waals surface area (Å²) < 4.78 is 28.9. The van der Waals surface area contributed by atoms with Crippen LogP contribution in [-0.4, -0.2) is 40.1 Å². The second kappa shape index (κ2) is 7.27. The number of nitrogens with one attached hydrogen (secondary N) is 1. The quantitative estimate of drug-likeness (QED) is 0.835. The molecule has 0 radical (unpaired) electrons. The lowest BCUT2D eigenvalue weighted by atomic mass is 9.86. The summed E-state index contributed by atoms with van der Waals surface area (Å²) in [5, 5.41) is 3.37. The lowest BCUT2D eigenvalue weighted by molar-refractivity contribution is 0.338. The molecule has 2 atom stereocenters. The highest BCUT2D eigenvalue weighted by atomic mass is 32.2. The lowest BCUT2D eigenvalue weighted by Gasteiger charge is -2.24. The zero-order chi connectivity index (χ0) is 15.3. The Kier molecular flexibility index (Phi) is 5.65. The molecule has 21 heavy (non-hydrogen) atoms. The highest BCUT2D eigenvalue weighted by molar-refractivity contribution is 7.91. The van der Waals surface area contributed by atoms with E-state index in [0.29, 0.717) is 17.4 Å². The summed E-state index contributed by atoms with van der Waals surface area (Å²) in [6.07, 6.45) is 1.64. The minimum absolute atomic E-state index is 0.249. The van der Waals surface area contributed by atoms with Crippen LogP contribution in [0.3, 0.4) is 0 Å². The average Bonchev–Trinajstić information content (AvgIpc) is 2.84.